The van der Waals surface area contributed by atoms with Gasteiger partial charge in [-0.05, 0) is 30.9 Å². The maximum atomic E-state index is 12.0. The predicted octanol–water partition coefficient (Wildman–Crippen LogP) is 2.03. The number of rotatable bonds is 2. The lowest BCUT2D eigenvalue weighted by atomic mass is 10.1. The Morgan fingerprint density at radius 2 is 2.16 bits per heavy atom. The van der Waals surface area contributed by atoms with E-state index in [0.717, 1.165) is 36.6 Å². The second-order valence-electron chi connectivity index (χ2n) is 4.97. The van der Waals surface area contributed by atoms with Crippen LogP contribution < -0.4 is 10.9 Å². The summed E-state index contributed by atoms with van der Waals surface area (Å²) in [6, 6.07) is 8.17. The Bertz CT molecular complexity index is 661. The van der Waals surface area contributed by atoms with E-state index in [1.807, 2.05) is 12.1 Å². The summed E-state index contributed by atoms with van der Waals surface area (Å²) in [7, 11) is 0. The SMILES string of the molecule is Cc1ccccc1Cc1nc2c(c(=O)[nH]1)CCCN2. The van der Waals surface area contributed by atoms with Crippen molar-refractivity contribution in [1.29, 1.82) is 0 Å². The van der Waals surface area contributed by atoms with Gasteiger partial charge in [-0.15, -0.1) is 0 Å². The Morgan fingerprint density at radius 3 is 3.00 bits per heavy atom. The zero-order valence-electron chi connectivity index (χ0n) is 11.0. The Morgan fingerprint density at radius 1 is 1.32 bits per heavy atom. The number of aryl methyl sites for hydroxylation is 1. The third-order valence-electron chi connectivity index (χ3n) is 3.58. The highest BCUT2D eigenvalue weighted by Crippen LogP contribution is 2.17. The molecular weight excluding hydrogens is 238 g/mol. The van der Waals surface area contributed by atoms with Gasteiger partial charge in [-0.2, -0.15) is 0 Å². The molecule has 3 rings (SSSR count). The van der Waals surface area contributed by atoms with Crippen molar-refractivity contribution in [3.05, 3.63) is 57.1 Å². The molecule has 2 N–H and O–H groups in total. The lowest BCUT2D eigenvalue weighted by molar-refractivity contribution is 0.783. The Hall–Kier alpha value is -2.10. The zero-order valence-corrected chi connectivity index (χ0v) is 11.0. The highest BCUT2D eigenvalue weighted by Gasteiger charge is 2.15. The van der Waals surface area contributed by atoms with Crippen molar-refractivity contribution in [2.45, 2.75) is 26.2 Å². The van der Waals surface area contributed by atoms with Crippen LogP contribution in [0.1, 0.15) is 28.9 Å². The average molecular weight is 255 g/mol. The van der Waals surface area contributed by atoms with E-state index in [9.17, 15) is 4.79 Å². The van der Waals surface area contributed by atoms with Gasteiger partial charge in [-0.25, -0.2) is 4.98 Å². The number of nitrogens with zero attached hydrogens (tertiary/aromatic N) is 1. The highest BCUT2D eigenvalue weighted by molar-refractivity contribution is 5.45. The quantitative estimate of drug-likeness (QED) is 0.863. The van der Waals surface area contributed by atoms with Crippen molar-refractivity contribution in [3.8, 4) is 0 Å². The lowest BCUT2D eigenvalue weighted by Gasteiger charge is -2.16. The molecule has 19 heavy (non-hydrogen) atoms. The van der Waals surface area contributed by atoms with Crippen LogP contribution in [0, 0.1) is 6.92 Å². The van der Waals surface area contributed by atoms with E-state index in [-0.39, 0.29) is 5.56 Å². The summed E-state index contributed by atoms with van der Waals surface area (Å²) in [5.74, 6) is 1.49. The van der Waals surface area contributed by atoms with Crippen LogP contribution in [-0.4, -0.2) is 16.5 Å². The van der Waals surface area contributed by atoms with Crippen molar-refractivity contribution in [1.82, 2.24) is 9.97 Å². The number of aromatic amines is 1. The second-order valence-corrected chi connectivity index (χ2v) is 4.97. The number of nitrogens with one attached hydrogen (secondary N) is 2. The fourth-order valence-electron chi connectivity index (χ4n) is 2.47. The first-order valence-corrected chi connectivity index (χ1v) is 6.64. The summed E-state index contributed by atoms with van der Waals surface area (Å²) in [4.78, 5) is 19.5. The van der Waals surface area contributed by atoms with E-state index < -0.39 is 0 Å². The summed E-state index contributed by atoms with van der Waals surface area (Å²) in [5, 5.41) is 3.21. The van der Waals surface area contributed by atoms with Gasteiger partial charge >= 0.3 is 0 Å². The molecule has 0 bridgehead atoms. The molecule has 0 saturated heterocycles. The molecule has 1 aromatic heterocycles. The van der Waals surface area contributed by atoms with Gasteiger partial charge in [-0.3, -0.25) is 4.79 Å². The van der Waals surface area contributed by atoms with Crippen molar-refractivity contribution in [3.63, 3.8) is 0 Å². The van der Waals surface area contributed by atoms with Crippen molar-refractivity contribution >= 4 is 5.82 Å². The lowest BCUT2D eigenvalue weighted by Crippen LogP contribution is -2.25. The summed E-state index contributed by atoms with van der Waals surface area (Å²) in [6.45, 7) is 2.97. The van der Waals surface area contributed by atoms with E-state index in [0.29, 0.717) is 6.42 Å². The van der Waals surface area contributed by atoms with Gasteiger partial charge in [0.2, 0.25) is 0 Å². The maximum Gasteiger partial charge on any atom is 0.256 e. The Kier molecular flexibility index (Phi) is 3.07. The molecule has 0 spiro atoms. The smallest absolute Gasteiger partial charge is 0.256 e. The molecule has 2 aromatic rings. The highest BCUT2D eigenvalue weighted by atomic mass is 16.1. The standard InChI is InChI=1S/C15H17N3O/c1-10-5-2-3-6-11(10)9-13-17-14-12(15(19)18-13)7-4-8-16-14/h2-3,5-6H,4,7-9H2,1H3,(H2,16,17,18,19). The second kappa shape index (κ2) is 4.88. The third kappa shape index (κ3) is 2.38. The third-order valence-corrected chi connectivity index (χ3v) is 3.58. The number of H-pyrrole nitrogens is 1. The molecule has 1 aromatic carbocycles. The van der Waals surface area contributed by atoms with E-state index in [1.165, 1.54) is 11.1 Å². The summed E-state index contributed by atoms with van der Waals surface area (Å²) in [5.41, 5.74) is 3.21. The molecule has 4 nitrogen and oxygen atoms in total. The molecule has 0 amide bonds. The molecule has 0 fully saturated rings. The van der Waals surface area contributed by atoms with Crippen molar-refractivity contribution in [2.75, 3.05) is 11.9 Å². The predicted molar refractivity (Wildman–Crippen MR) is 75.7 cm³/mol. The minimum atomic E-state index is 0.000726. The van der Waals surface area contributed by atoms with Crippen LogP contribution in [-0.2, 0) is 12.8 Å². The minimum absolute atomic E-state index is 0.000726. The van der Waals surface area contributed by atoms with E-state index in [2.05, 4.69) is 34.3 Å². The minimum Gasteiger partial charge on any atom is -0.370 e. The number of hydrogen-bond acceptors (Lipinski definition) is 3. The number of aromatic nitrogens is 2. The van der Waals surface area contributed by atoms with E-state index in [4.69, 9.17) is 0 Å². The van der Waals surface area contributed by atoms with Crippen LogP contribution in [0.25, 0.3) is 0 Å². The topological polar surface area (TPSA) is 57.8 Å². The van der Waals surface area contributed by atoms with Gasteiger partial charge in [0.1, 0.15) is 11.6 Å². The van der Waals surface area contributed by atoms with E-state index >= 15 is 0 Å². The van der Waals surface area contributed by atoms with Gasteiger partial charge in [-0.1, -0.05) is 24.3 Å². The number of fused-ring (bicyclic) bond motifs is 1. The normalized spacial score (nSPS) is 13.7. The fourth-order valence-corrected chi connectivity index (χ4v) is 2.47. The Balaban J connectivity index is 1.96. The van der Waals surface area contributed by atoms with Crippen LogP contribution in [0.3, 0.4) is 0 Å². The van der Waals surface area contributed by atoms with Crippen LogP contribution in [0.5, 0.6) is 0 Å². The molecular formula is C15H17N3O. The molecule has 98 valence electrons. The van der Waals surface area contributed by atoms with Gasteiger partial charge in [0.25, 0.3) is 5.56 Å². The largest absolute Gasteiger partial charge is 0.370 e. The molecule has 1 aliphatic rings. The first-order chi connectivity index (χ1) is 9.24. The van der Waals surface area contributed by atoms with Gasteiger partial charge < -0.3 is 10.3 Å². The van der Waals surface area contributed by atoms with Crippen LogP contribution >= 0.6 is 0 Å². The molecule has 4 heteroatoms. The zero-order chi connectivity index (χ0) is 13.2. The van der Waals surface area contributed by atoms with Crippen LogP contribution in [0.15, 0.2) is 29.1 Å². The van der Waals surface area contributed by atoms with Crippen molar-refractivity contribution < 1.29 is 0 Å². The molecule has 2 heterocycles. The van der Waals surface area contributed by atoms with Gasteiger partial charge in [0.05, 0.1) is 5.56 Å². The molecule has 0 unspecified atom stereocenters. The number of hydrogen-bond donors (Lipinski definition) is 2. The van der Waals surface area contributed by atoms with E-state index in [1.54, 1.807) is 0 Å². The molecule has 0 atom stereocenters. The van der Waals surface area contributed by atoms with Crippen LogP contribution in [0.4, 0.5) is 5.82 Å². The number of anilines is 1. The van der Waals surface area contributed by atoms with Crippen LogP contribution in [0.2, 0.25) is 0 Å². The summed E-state index contributed by atoms with van der Waals surface area (Å²) < 4.78 is 0. The van der Waals surface area contributed by atoms with Crippen molar-refractivity contribution in [2.24, 2.45) is 0 Å². The molecule has 0 saturated carbocycles. The molecule has 1 aliphatic heterocycles. The Labute approximate surface area is 111 Å². The first kappa shape index (κ1) is 12.0. The molecule has 0 radical (unpaired) electrons. The number of benzene rings is 1. The molecule has 0 aliphatic carbocycles. The summed E-state index contributed by atoms with van der Waals surface area (Å²) in [6.07, 6.45) is 2.47. The monoisotopic (exact) mass is 255 g/mol. The van der Waals surface area contributed by atoms with Gasteiger partial charge in [0.15, 0.2) is 0 Å². The maximum absolute atomic E-state index is 12.0. The first-order valence-electron chi connectivity index (χ1n) is 6.64. The van der Waals surface area contributed by atoms with Gasteiger partial charge in [0, 0.05) is 13.0 Å². The summed E-state index contributed by atoms with van der Waals surface area (Å²) >= 11 is 0. The fraction of sp³-hybridized carbons (Fsp3) is 0.333. The average Bonchev–Trinajstić information content (AvgIpc) is 2.42.